The Kier molecular flexibility index (Phi) is 6.53. The van der Waals surface area contributed by atoms with E-state index in [-0.39, 0.29) is 24.0 Å². The molecule has 0 spiro atoms. The van der Waals surface area contributed by atoms with Crippen LogP contribution in [0.3, 0.4) is 0 Å². The van der Waals surface area contributed by atoms with E-state index in [0.717, 1.165) is 41.2 Å². The number of amides is 3. The highest BCUT2D eigenvalue weighted by Gasteiger charge is 2.34. The van der Waals surface area contributed by atoms with Crippen molar-refractivity contribution in [3.05, 3.63) is 53.6 Å². The number of nitrogens with one attached hydrogen (secondary N) is 1. The molecule has 7 heteroatoms. The molecule has 2 aliphatic heterocycles. The number of nitrogens with zero attached hydrogens (tertiary/aromatic N) is 2. The number of carbonyl (C=O) groups excluding carboxylic acids is 2. The second-order valence-corrected chi connectivity index (χ2v) is 8.64. The number of benzene rings is 2. The first-order chi connectivity index (χ1) is 15.4. The average molecular weight is 438 g/mol. The molecule has 7 nitrogen and oxygen atoms in total. The monoisotopic (exact) mass is 437 g/mol. The Bertz CT molecular complexity index is 976. The Balaban J connectivity index is 1.39. The molecule has 0 bridgehead atoms. The van der Waals surface area contributed by atoms with Gasteiger partial charge in [0.2, 0.25) is 5.91 Å². The van der Waals surface area contributed by atoms with Crippen molar-refractivity contribution in [2.45, 2.75) is 39.3 Å². The third kappa shape index (κ3) is 4.82. The van der Waals surface area contributed by atoms with Gasteiger partial charge in [0.25, 0.3) is 0 Å². The van der Waals surface area contributed by atoms with Crippen LogP contribution in [0.25, 0.3) is 0 Å². The van der Waals surface area contributed by atoms with Crippen molar-refractivity contribution in [3.63, 3.8) is 0 Å². The van der Waals surface area contributed by atoms with E-state index in [4.69, 9.17) is 9.47 Å². The van der Waals surface area contributed by atoms with Gasteiger partial charge in [-0.15, -0.1) is 0 Å². The zero-order valence-electron chi connectivity index (χ0n) is 19.0. The van der Waals surface area contributed by atoms with E-state index in [1.54, 1.807) is 12.0 Å². The van der Waals surface area contributed by atoms with Crippen molar-refractivity contribution >= 4 is 17.6 Å². The van der Waals surface area contributed by atoms with E-state index in [1.807, 2.05) is 61.2 Å². The molecular weight excluding hydrogens is 406 g/mol. The van der Waals surface area contributed by atoms with Gasteiger partial charge in [-0.1, -0.05) is 18.2 Å². The van der Waals surface area contributed by atoms with Crippen LogP contribution in [-0.4, -0.2) is 49.7 Å². The number of likely N-dealkylation sites (tertiary alicyclic amines) is 1. The summed E-state index contributed by atoms with van der Waals surface area (Å²) in [5.41, 5.74) is 2.89. The molecule has 2 aliphatic rings. The number of anilines is 1. The zero-order chi connectivity index (χ0) is 22.7. The summed E-state index contributed by atoms with van der Waals surface area (Å²) in [7, 11) is 1.63. The number of piperidine rings is 1. The fourth-order valence-electron chi connectivity index (χ4n) is 4.34. The van der Waals surface area contributed by atoms with E-state index in [1.165, 1.54) is 0 Å². The average Bonchev–Trinajstić information content (AvgIpc) is 2.82. The number of hydrogen-bond acceptors (Lipinski definition) is 4. The quantitative estimate of drug-likeness (QED) is 0.791. The van der Waals surface area contributed by atoms with Gasteiger partial charge in [0, 0.05) is 19.6 Å². The largest absolute Gasteiger partial charge is 0.497 e. The molecule has 2 heterocycles. The Morgan fingerprint density at radius 3 is 2.69 bits per heavy atom. The van der Waals surface area contributed by atoms with Gasteiger partial charge in [-0.25, -0.2) is 4.79 Å². The lowest BCUT2D eigenvalue weighted by Gasteiger charge is -2.39. The van der Waals surface area contributed by atoms with Gasteiger partial charge >= 0.3 is 6.03 Å². The van der Waals surface area contributed by atoms with Crippen LogP contribution in [0.4, 0.5) is 10.5 Å². The van der Waals surface area contributed by atoms with E-state index >= 15 is 0 Å². The highest BCUT2D eigenvalue weighted by molar-refractivity contribution is 5.95. The summed E-state index contributed by atoms with van der Waals surface area (Å²) in [6, 6.07) is 13.5. The molecule has 2 aromatic rings. The summed E-state index contributed by atoms with van der Waals surface area (Å²) in [5.74, 6) is 1.30. The first-order valence-corrected chi connectivity index (χ1v) is 11.2. The number of urea groups is 1. The maximum absolute atomic E-state index is 13.4. The second-order valence-electron chi connectivity index (χ2n) is 8.64. The first kappa shape index (κ1) is 22.0. The lowest BCUT2D eigenvalue weighted by atomic mass is 9.97. The zero-order valence-corrected chi connectivity index (χ0v) is 19.0. The van der Waals surface area contributed by atoms with Crippen LogP contribution >= 0.6 is 0 Å². The van der Waals surface area contributed by atoms with Crippen LogP contribution in [0, 0.1) is 12.8 Å². The van der Waals surface area contributed by atoms with Crippen molar-refractivity contribution in [1.82, 2.24) is 10.2 Å². The number of hydrogen-bond donors (Lipinski definition) is 1. The van der Waals surface area contributed by atoms with E-state index in [9.17, 15) is 9.59 Å². The standard InChI is InChI=1S/C25H31N3O4/c1-17-6-11-23-22(13-17)28(15-18(2)32-23)25(30)27-12-4-5-20(16-27)24(29)26-14-19-7-9-21(31-3)10-8-19/h6-11,13,18,20H,4-5,12,14-16H2,1-3H3,(H,26,29)/t18-,20+/m1/s1. The minimum Gasteiger partial charge on any atom is -0.497 e. The summed E-state index contributed by atoms with van der Waals surface area (Å²) in [6.07, 6.45) is 1.52. The Labute approximate surface area is 189 Å². The molecule has 0 unspecified atom stereocenters. The molecule has 1 saturated heterocycles. The molecule has 2 aromatic carbocycles. The minimum atomic E-state index is -0.207. The van der Waals surface area contributed by atoms with Crippen LogP contribution in [0.5, 0.6) is 11.5 Å². The maximum Gasteiger partial charge on any atom is 0.324 e. The molecule has 0 aromatic heterocycles. The topological polar surface area (TPSA) is 71.1 Å². The van der Waals surface area contributed by atoms with Crippen molar-refractivity contribution in [2.24, 2.45) is 5.92 Å². The molecule has 32 heavy (non-hydrogen) atoms. The lowest BCUT2D eigenvalue weighted by Crippen LogP contribution is -2.53. The molecule has 4 rings (SSSR count). The SMILES string of the molecule is COc1ccc(CNC(=O)[C@H]2CCCN(C(=O)N3C[C@@H](C)Oc4ccc(C)cc43)C2)cc1. The number of ether oxygens (including phenoxy) is 2. The maximum atomic E-state index is 13.4. The number of carbonyl (C=O) groups is 2. The molecule has 170 valence electrons. The van der Waals surface area contributed by atoms with Crippen LogP contribution in [0.1, 0.15) is 30.9 Å². The fraction of sp³-hybridized carbons (Fsp3) is 0.440. The van der Waals surface area contributed by atoms with Gasteiger partial charge in [0.1, 0.15) is 17.6 Å². The predicted molar refractivity (Wildman–Crippen MR) is 123 cm³/mol. The van der Waals surface area contributed by atoms with Crippen molar-refractivity contribution in [3.8, 4) is 11.5 Å². The molecule has 0 radical (unpaired) electrons. The normalized spacial score (nSPS) is 20.2. The third-order valence-corrected chi connectivity index (χ3v) is 6.09. The van der Waals surface area contributed by atoms with Gasteiger partial charge in [0.05, 0.1) is 25.3 Å². The van der Waals surface area contributed by atoms with Gasteiger partial charge < -0.3 is 19.7 Å². The van der Waals surface area contributed by atoms with Crippen LogP contribution < -0.4 is 19.7 Å². The second kappa shape index (κ2) is 9.51. The van der Waals surface area contributed by atoms with Gasteiger partial charge in [0.15, 0.2) is 0 Å². The van der Waals surface area contributed by atoms with Crippen molar-refractivity contribution in [1.29, 1.82) is 0 Å². The molecule has 0 saturated carbocycles. The molecule has 2 atom stereocenters. The van der Waals surface area contributed by atoms with Crippen LogP contribution in [-0.2, 0) is 11.3 Å². The Morgan fingerprint density at radius 2 is 1.94 bits per heavy atom. The summed E-state index contributed by atoms with van der Waals surface area (Å²) in [6.45, 7) is 6.02. The molecule has 3 amide bonds. The fourth-order valence-corrected chi connectivity index (χ4v) is 4.34. The molecule has 1 N–H and O–H groups in total. The van der Waals surface area contributed by atoms with Crippen molar-refractivity contribution in [2.75, 3.05) is 31.6 Å². The number of rotatable bonds is 4. The number of aryl methyl sites for hydroxylation is 1. The highest BCUT2D eigenvalue weighted by Crippen LogP contribution is 2.35. The van der Waals surface area contributed by atoms with Gasteiger partial charge in [-0.3, -0.25) is 9.69 Å². The van der Waals surface area contributed by atoms with E-state index in [2.05, 4.69) is 5.32 Å². The predicted octanol–water partition coefficient (Wildman–Crippen LogP) is 3.74. The number of methoxy groups -OCH3 is 1. The molecular formula is C25H31N3O4. The van der Waals surface area contributed by atoms with Gasteiger partial charge in [-0.05, 0) is 62.1 Å². The summed E-state index contributed by atoms with van der Waals surface area (Å²) in [5, 5.41) is 3.02. The summed E-state index contributed by atoms with van der Waals surface area (Å²) < 4.78 is 11.1. The first-order valence-electron chi connectivity index (χ1n) is 11.2. The molecule has 1 fully saturated rings. The minimum absolute atomic E-state index is 0.00934. The Hall–Kier alpha value is -3.22. The third-order valence-electron chi connectivity index (χ3n) is 6.09. The summed E-state index contributed by atoms with van der Waals surface area (Å²) in [4.78, 5) is 29.9. The summed E-state index contributed by atoms with van der Waals surface area (Å²) >= 11 is 0. The molecule has 0 aliphatic carbocycles. The van der Waals surface area contributed by atoms with Crippen LogP contribution in [0.2, 0.25) is 0 Å². The van der Waals surface area contributed by atoms with Crippen LogP contribution in [0.15, 0.2) is 42.5 Å². The smallest absolute Gasteiger partial charge is 0.324 e. The lowest BCUT2D eigenvalue weighted by molar-refractivity contribution is -0.126. The number of fused-ring (bicyclic) bond motifs is 1. The van der Waals surface area contributed by atoms with Crippen molar-refractivity contribution < 1.29 is 19.1 Å². The Morgan fingerprint density at radius 1 is 1.16 bits per heavy atom. The van der Waals surface area contributed by atoms with Gasteiger partial charge in [-0.2, -0.15) is 0 Å². The highest BCUT2D eigenvalue weighted by atomic mass is 16.5. The van der Waals surface area contributed by atoms with E-state index < -0.39 is 0 Å². The van der Waals surface area contributed by atoms with E-state index in [0.29, 0.717) is 26.2 Å².